The molecule has 2 aromatic carbocycles. The fourth-order valence-corrected chi connectivity index (χ4v) is 3.32. The molecule has 0 bridgehead atoms. The molecule has 0 saturated carbocycles. The third-order valence-electron chi connectivity index (χ3n) is 4.43. The topological polar surface area (TPSA) is 46.3 Å². The molecule has 0 aliphatic carbocycles. The summed E-state index contributed by atoms with van der Waals surface area (Å²) >= 11 is 0. The molecule has 24 heavy (non-hydrogen) atoms. The van der Waals surface area contributed by atoms with Crippen molar-refractivity contribution in [3.8, 4) is 11.3 Å². The van der Waals surface area contributed by atoms with E-state index in [2.05, 4.69) is 18.1 Å². The predicted octanol–water partition coefficient (Wildman–Crippen LogP) is 3.86. The zero-order valence-corrected chi connectivity index (χ0v) is 13.5. The Labute approximate surface area is 140 Å². The molecule has 1 aliphatic rings. The molecule has 2 heterocycles. The highest BCUT2D eigenvalue weighted by Crippen LogP contribution is 2.32. The number of rotatable bonds is 3. The van der Waals surface area contributed by atoms with E-state index in [9.17, 15) is 4.79 Å². The first-order chi connectivity index (χ1) is 11.7. The molecule has 0 N–H and O–H groups in total. The highest BCUT2D eigenvalue weighted by Gasteiger charge is 2.30. The number of amides is 1. The molecule has 1 amide bonds. The Balaban J connectivity index is 1.54. The summed E-state index contributed by atoms with van der Waals surface area (Å²) in [7, 11) is 0. The Morgan fingerprint density at radius 1 is 1.17 bits per heavy atom. The summed E-state index contributed by atoms with van der Waals surface area (Å²) in [6.45, 7) is 2.08. The van der Waals surface area contributed by atoms with Crippen LogP contribution in [-0.4, -0.2) is 17.1 Å². The van der Waals surface area contributed by atoms with Gasteiger partial charge in [-0.15, -0.1) is 0 Å². The number of hydrogen-bond acceptors (Lipinski definition) is 3. The van der Waals surface area contributed by atoms with E-state index in [-0.39, 0.29) is 18.4 Å². The van der Waals surface area contributed by atoms with Gasteiger partial charge in [0.2, 0.25) is 5.91 Å². The second-order valence-corrected chi connectivity index (χ2v) is 6.17. The standard InChI is InChI=1S/C20H18N2O2/c1-14-11-16-9-5-6-10-18(16)22(14)20(23)13-17-12-19(24-21-17)15-7-3-2-4-8-15/h2-10,12,14H,11,13H2,1H3. The van der Waals surface area contributed by atoms with Crippen LogP contribution < -0.4 is 4.90 Å². The van der Waals surface area contributed by atoms with Crippen LogP contribution in [0.15, 0.2) is 65.2 Å². The Bertz CT molecular complexity index is 870. The van der Waals surface area contributed by atoms with Crippen LogP contribution in [0.2, 0.25) is 0 Å². The summed E-state index contributed by atoms with van der Waals surface area (Å²) in [6, 6.07) is 19.9. The van der Waals surface area contributed by atoms with Crippen molar-refractivity contribution in [2.75, 3.05) is 4.90 Å². The van der Waals surface area contributed by atoms with Gasteiger partial charge in [0.05, 0.1) is 12.1 Å². The first-order valence-electron chi connectivity index (χ1n) is 8.13. The van der Waals surface area contributed by atoms with Gasteiger partial charge in [-0.2, -0.15) is 0 Å². The normalized spacial score (nSPS) is 16.2. The third kappa shape index (κ3) is 2.60. The molecule has 120 valence electrons. The summed E-state index contributed by atoms with van der Waals surface area (Å²) in [5, 5.41) is 4.06. The molecule has 1 aliphatic heterocycles. The van der Waals surface area contributed by atoms with Crippen LogP contribution in [0.4, 0.5) is 5.69 Å². The number of nitrogens with zero attached hydrogens (tertiary/aromatic N) is 2. The minimum absolute atomic E-state index is 0.0559. The molecule has 4 rings (SSSR count). The van der Waals surface area contributed by atoms with E-state index < -0.39 is 0 Å². The van der Waals surface area contributed by atoms with Gasteiger partial charge in [0.1, 0.15) is 0 Å². The second-order valence-electron chi connectivity index (χ2n) is 6.17. The number of carbonyl (C=O) groups excluding carboxylic acids is 1. The minimum atomic E-state index is 0.0559. The maximum atomic E-state index is 12.8. The average molecular weight is 318 g/mol. The van der Waals surface area contributed by atoms with E-state index in [1.54, 1.807) is 0 Å². The number of hydrogen-bond donors (Lipinski definition) is 0. The smallest absolute Gasteiger partial charge is 0.233 e. The zero-order valence-electron chi connectivity index (χ0n) is 13.5. The third-order valence-corrected chi connectivity index (χ3v) is 4.43. The molecule has 3 aromatic rings. The summed E-state index contributed by atoms with van der Waals surface area (Å²) < 4.78 is 5.39. The van der Waals surface area contributed by atoms with Crippen LogP contribution in [0, 0.1) is 0 Å². The minimum Gasteiger partial charge on any atom is -0.356 e. The lowest BCUT2D eigenvalue weighted by molar-refractivity contribution is -0.118. The summed E-state index contributed by atoms with van der Waals surface area (Å²) in [4.78, 5) is 14.7. The molecule has 0 spiro atoms. The van der Waals surface area contributed by atoms with Crippen LogP contribution in [0.5, 0.6) is 0 Å². The fourth-order valence-electron chi connectivity index (χ4n) is 3.32. The highest BCUT2D eigenvalue weighted by atomic mass is 16.5. The van der Waals surface area contributed by atoms with Crippen molar-refractivity contribution in [2.45, 2.75) is 25.8 Å². The Morgan fingerprint density at radius 2 is 1.92 bits per heavy atom. The van der Waals surface area contributed by atoms with Crippen molar-refractivity contribution in [1.29, 1.82) is 0 Å². The molecule has 1 aromatic heterocycles. The number of aromatic nitrogens is 1. The molecule has 0 saturated heterocycles. The zero-order chi connectivity index (χ0) is 16.5. The molecular formula is C20H18N2O2. The first-order valence-corrected chi connectivity index (χ1v) is 8.13. The van der Waals surface area contributed by atoms with Crippen molar-refractivity contribution in [3.05, 3.63) is 71.9 Å². The van der Waals surface area contributed by atoms with Gasteiger partial charge in [-0.25, -0.2) is 0 Å². The summed E-state index contributed by atoms with van der Waals surface area (Å²) in [6.07, 6.45) is 1.14. The lowest BCUT2D eigenvalue weighted by Crippen LogP contribution is -2.36. The SMILES string of the molecule is CC1Cc2ccccc2N1C(=O)Cc1cc(-c2ccccc2)on1. The fraction of sp³-hybridized carbons (Fsp3) is 0.200. The number of fused-ring (bicyclic) bond motifs is 1. The van der Waals surface area contributed by atoms with E-state index in [0.717, 1.165) is 17.7 Å². The molecule has 4 heteroatoms. The van der Waals surface area contributed by atoms with Gasteiger partial charge in [-0.1, -0.05) is 53.7 Å². The van der Waals surface area contributed by atoms with Crippen molar-refractivity contribution in [3.63, 3.8) is 0 Å². The molecule has 1 unspecified atom stereocenters. The van der Waals surface area contributed by atoms with Crippen LogP contribution >= 0.6 is 0 Å². The van der Waals surface area contributed by atoms with Crippen LogP contribution in [0.3, 0.4) is 0 Å². The van der Waals surface area contributed by atoms with Crippen molar-refractivity contribution in [2.24, 2.45) is 0 Å². The van der Waals surface area contributed by atoms with Gasteiger partial charge >= 0.3 is 0 Å². The Hall–Kier alpha value is -2.88. The largest absolute Gasteiger partial charge is 0.356 e. The monoisotopic (exact) mass is 318 g/mol. The van der Waals surface area contributed by atoms with E-state index >= 15 is 0 Å². The Kier molecular flexibility index (Phi) is 3.65. The van der Waals surface area contributed by atoms with E-state index in [4.69, 9.17) is 4.52 Å². The van der Waals surface area contributed by atoms with Gasteiger partial charge in [0.25, 0.3) is 0 Å². The van der Waals surface area contributed by atoms with Crippen molar-refractivity contribution >= 4 is 11.6 Å². The molecule has 0 radical (unpaired) electrons. The maximum Gasteiger partial charge on any atom is 0.233 e. The molecule has 0 fully saturated rings. The summed E-state index contributed by atoms with van der Waals surface area (Å²) in [5.74, 6) is 0.744. The molecule has 4 nitrogen and oxygen atoms in total. The first kappa shape index (κ1) is 14.7. The predicted molar refractivity (Wildman–Crippen MR) is 92.7 cm³/mol. The van der Waals surface area contributed by atoms with Crippen molar-refractivity contribution in [1.82, 2.24) is 5.16 Å². The second kappa shape index (κ2) is 5.96. The van der Waals surface area contributed by atoms with E-state index in [0.29, 0.717) is 11.5 Å². The lowest BCUT2D eigenvalue weighted by atomic mass is 10.1. The van der Waals surface area contributed by atoms with Gasteiger partial charge < -0.3 is 9.42 Å². The van der Waals surface area contributed by atoms with E-state index in [1.807, 2.05) is 59.5 Å². The summed E-state index contributed by atoms with van der Waals surface area (Å²) in [5.41, 5.74) is 3.87. The molecule has 1 atom stereocenters. The average Bonchev–Trinajstić information content (AvgIpc) is 3.19. The van der Waals surface area contributed by atoms with Crippen LogP contribution in [0.25, 0.3) is 11.3 Å². The lowest BCUT2D eigenvalue weighted by Gasteiger charge is -2.22. The van der Waals surface area contributed by atoms with Gasteiger partial charge in [0.15, 0.2) is 5.76 Å². The van der Waals surface area contributed by atoms with Crippen LogP contribution in [0.1, 0.15) is 18.2 Å². The number of carbonyl (C=O) groups is 1. The number of para-hydroxylation sites is 1. The quantitative estimate of drug-likeness (QED) is 0.736. The highest BCUT2D eigenvalue weighted by molar-refractivity contribution is 5.97. The van der Waals surface area contributed by atoms with Crippen molar-refractivity contribution < 1.29 is 9.32 Å². The number of benzene rings is 2. The Morgan fingerprint density at radius 3 is 2.75 bits per heavy atom. The van der Waals surface area contributed by atoms with Gasteiger partial charge in [-0.05, 0) is 25.0 Å². The van der Waals surface area contributed by atoms with E-state index in [1.165, 1.54) is 5.56 Å². The van der Waals surface area contributed by atoms with Gasteiger partial charge in [-0.3, -0.25) is 4.79 Å². The van der Waals surface area contributed by atoms with Gasteiger partial charge in [0, 0.05) is 23.4 Å². The van der Waals surface area contributed by atoms with Crippen LogP contribution in [-0.2, 0) is 17.6 Å². The molecular weight excluding hydrogens is 300 g/mol. The number of anilines is 1. The maximum absolute atomic E-state index is 12.8.